The summed E-state index contributed by atoms with van der Waals surface area (Å²) in [4.78, 5) is 26.5. The highest BCUT2D eigenvalue weighted by atomic mass is 32.2. The van der Waals surface area contributed by atoms with E-state index in [0.717, 1.165) is 59.2 Å². The molecule has 2 aromatic carbocycles. The lowest BCUT2D eigenvalue weighted by atomic mass is 9.78. The first-order valence-electron chi connectivity index (χ1n) is 14.0. The largest absolute Gasteiger partial charge is 0.543 e. The molecule has 2 saturated heterocycles. The summed E-state index contributed by atoms with van der Waals surface area (Å²) in [7, 11) is 0.569. The molecule has 0 aromatic heterocycles. The lowest BCUT2D eigenvalue weighted by molar-refractivity contribution is -1.03. The molecule has 4 atom stereocenters. The number of hydrogen-bond acceptors (Lipinski definition) is 6. The van der Waals surface area contributed by atoms with E-state index >= 15 is 0 Å². The standard InChI is InChI=1S/C29H35N4O6S/c1-16-20(27(29(36)37)31-26(16)24(17(2)34)28(31)35)13-30-22-12-18-14-33(10-8-32(3,4)9-11-33)15-21(18)19-6-5-7-23(25(19)22)40(30,38)39/h5-7,12,16-17,24,26,34H,8-11,13-15H2,1-4H3/q+1/t16-,17+,24+,26+/m0/s1. The van der Waals surface area contributed by atoms with Gasteiger partial charge in [-0.05, 0) is 30.0 Å². The topological polar surface area (TPSA) is 118 Å². The van der Waals surface area contributed by atoms with Gasteiger partial charge in [0, 0.05) is 22.4 Å². The number of carbonyl (C=O) groups excluding carboxylic acids is 2. The third-order valence-corrected chi connectivity index (χ3v) is 12.1. The number of amides is 1. The Morgan fingerprint density at radius 3 is 2.52 bits per heavy atom. The summed E-state index contributed by atoms with van der Waals surface area (Å²) in [6.07, 6.45) is -0.940. The number of aliphatic carboxylic acids is 1. The monoisotopic (exact) mass is 567 g/mol. The first kappa shape index (κ1) is 25.9. The first-order valence-corrected chi connectivity index (χ1v) is 15.4. The highest BCUT2D eigenvalue weighted by Gasteiger charge is 2.59. The number of fused-ring (bicyclic) bond motifs is 3. The molecule has 40 heavy (non-hydrogen) atoms. The van der Waals surface area contributed by atoms with Gasteiger partial charge in [-0.15, -0.1) is 0 Å². The fourth-order valence-electron chi connectivity index (χ4n) is 7.96. The number of carboxylic acid groups (broad SMARTS) is 1. The molecule has 2 fully saturated rings. The van der Waals surface area contributed by atoms with E-state index in [1.165, 1.54) is 21.7 Å². The third-order valence-electron chi connectivity index (χ3n) is 10.3. The van der Waals surface area contributed by atoms with Crippen molar-refractivity contribution in [3.05, 3.63) is 46.7 Å². The lowest BCUT2D eigenvalue weighted by Gasteiger charge is -2.47. The molecule has 1 amide bonds. The maximum absolute atomic E-state index is 14.0. The second-order valence-corrected chi connectivity index (χ2v) is 15.0. The molecule has 0 bridgehead atoms. The molecule has 2 aromatic rings. The molecule has 0 aliphatic carbocycles. The summed E-state index contributed by atoms with van der Waals surface area (Å²) in [5, 5.41) is 24.1. The molecule has 7 rings (SSSR count). The highest BCUT2D eigenvalue weighted by Crippen LogP contribution is 2.51. The minimum absolute atomic E-state index is 0.187. The molecule has 1 spiro atoms. The average Bonchev–Trinajstić information content (AvgIpc) is 3.44. The van der Waals surface area contributed by atoms with Gasteiger partial charge in [-0.2, -0.15) is 0 Å². The van der Waals surface area contributed by atoms with Crippen molar-refractivity contribution in [2.24, 2.45) is 11.8 Å². The van der Waals surface area contributed by atoms with Crippen LogP contribution in [0.3, 0.4) is 0 Å². The SMILES string of the molecule is C[C@@H](O)[C@H]1C(=O)N2C(C(=O)[O-])=C(CN3c4cc5c(c6cccc(c46)S3(=O)=O)C[N+]3(CC[N+](C)(C)CC3)C5)[C@H](C)[C@H]12. The Kier molecular flexibility index (Phi) is 5.23. The van der Waals surface area contributed by atoms with Gasteiger partial charge in [-0.1, -0.05) is 19.1 Å². The molecule has 5 heterocycles. The summed E-state index contributed by atoms with van der Waals surface area (Å²) in [6.45, 7) is 9.16. The zero-order chi connectivity index (χ0) is 28.5. The minimum Gasteiger partial charge on any atom is -0.543 e. The fraction of sp³-hybridized carbons (Fsp3) is 0.517. The zero-order valence-electron chi connectivity index (χ0n) is 23.3. The summed E-state index contributed by atoms with van der Waals surface area (Å²) in [5.41, 5.74) is 3.01. The van der Waals surface area contributed by atoms with E-state index < -0.39 is 45.9 Å². The zero-order valence-corrected chi connectivity index (χ0v) is 24.1. The van der Waals surface area contributed by atoms with Crippen LogP contribution in [0.15, 0.2) is 40.4 Å². The molecule has 0 unspecified atom stereocenters. The van der Waals surface area contributed by atoms with Gasteiger partial charge in [-0.25, -0.2) is 8.42 Å². The van der Waals surface area contributed by atoms with Crippen LogP contribution >= 0.6 is 0 Å². The number of carbonyl (C=O) groups is 2. The normalized spacial score (nSPS) is 29.6. The molecular formula is C29H35N4O6S+. The van der Waals surface area contributed by atoms with E-state index in [1.807, 2.05) is 12.1 Å². The number of piperazine rings is 1. The maximum atomic E-state index is 14.0. The van der Waals surface area contributed by atoms with Gasteiger partial charge < -0.3 is 28.9 Å². The molecular weight excluding hydrogens is 532 g/mol. The van der Waals surface area contributed by atoms with Gasteiger partial charge >= 0.3 is 0 Å². The van der Waals surface area contributed by atoms with Gasteiger partial charge in [0.15, 0.2) is 0 Å². The third kappa shape index (κ3) is 3.29. The van der Waals surface area contributed by atoms with Gasteiger partial charge in [0.2, 0.25) is 5.91 Å². The Morgan fingerprint density at radius 1 is 1.18 bits per heavy atom. The van der Waals surface area contributed by atoms with Crippen molar-refractivity contribution in [1.82, 2.24) is 4.90 Å². The molecule has 11 heteroatoms. The van der Waals surface area contributed by atoms with Crippen LogP contribution in [-0.2, 0) is 32.7 Å². The van der Waals surface area contributed by atoms with Crippen molar-refractivity contribution in [3.63, 3.8) is 0 Å². The van der Waals surface area contributed by atoms with Crippen molar-refractivity contribution in [3.8, 4) is 0 Å². The number of sulfonamides is 1. The number of hydrogen-bond donors (Lipinski definition) is 1. The van der Waals surface area contributed by atoms with Crippen molar-refractivity contribution in [1.29, 1.82) is 0 Å². The molecule has 1 N–H and O–H groups in total. The molecule has 5 aliphatic heterocycles. The number of carboxylic acids is 1. The van der Waals surface area contributed by atoms with Crippen molar-refractivity contribution in [2.75, 3.05) is 51.1 Å². The van der Waals surface area contributed by atoms with E-state index in [1.54, 1.807) is 19.1 Å². The second-order valence-electron chi connectivity index (χ2n) is 13.1. The smallest absolute Gasteiger partial charge is 0.265 e. The number of benzene rings is 2. The Hall–Kier alpha value is -2.99. The molecule has 212 valence electrons. The van der Waals surface area contributed by atoms with Crippen LogP contribution in [-0.4, -0.2) is 98.2 Å². The van der Waals surface area contributed by atoms with E-state index in [9.17, 15) is 28.2 Å². The van der Waals surface area contributed by atoms with Gasteiger partial charge in [-0.3, -0.25) is 9.10 Å². The summed E-state index contributed by atoms with van der Waals surface area (Å²) in [5.74, 6) is -3.15. The van der Waals surface area contributed by atoms with Crippen LogP contribution < -0.4 is 9.41 Å². The number of rotatable bonds is 4. The molecule has 10 nitrogen and oxygen atoms in total. The second kappa shape index (κ2) is 8.06. The number of anilines is 1. The number of likely N-dealkylation sites (N-methyl/N-ethyl adjacent to an activating group) is 1. The van der Waals surface area contributed by atoms with E-state index in [0.29, 0.717) is 16.6 Å². The summed E-state index contributed by atoms with van der Waals surface area (Å²) >= 11 is 0. The number of aliphatic hydroxyl groups is 1. The van der Waals surface area contributed by atoms with Crippen molar-refractivity contribution >= 4 is 38.4 Å². The van der Waals surface area contributed by atoms with Crippen LogP contribution in [0.2, 0.25) is 0 Å². The fourth-order valence-corrected chi connectivity index (χ4v) is 9.63. The predicted molar refractivity (Wildman–Crippen MR) is 145 cm³/mol. The number of nitrogens with zero attached hydrogens (tertiary/aromatic N) is 4. The van der Waals surface area contributed by atoms with Crippen molar-refractivity contribution in [2.45, 2.75) is 44.0 Å². The number of quaternary nitrogens is 2. The van der Waals surface area contributed by atoms with Crippen LogP contribution in [0.25, 0.3) is 10.8 Å². The van der Waals surface area contributed by atoms with Crippen LogP contribution in [0.5, 0.6) is 0 Å². The lowest BCUT2D eigenvalue weighted by Crippen LogP contribution is -2.64. The van der Waals surface area contributed by atoms with E-state index in [-0.39, 0.29) is 17.1 Å². The Labute approximate surface area is 233 Å². The molecule has 0 saturated carbocycles. The summed E-state index contributed by atoms with van der Waals surface area (Å²) in [6, 6.07) is 6.90. The van der Waals surface area contributed by atoms with Crippen LogP contribution in [0.4, 0.5) is 5.69 Å². The first-order chi connectivity index (χ1) is 18.8. The van der Waals surface area contributed by atoms with Gasteiger partial charge in [0.25, 0.3) is 10.0 Å². The number of aliphatic hydroxyl groups excluding tert-OH is 1. The van der Waals surface area contributed by atoms with E-state index in [2.05, 4.69) is 14.1 Å². The average molecular weight is 568 g/mol. The minimum atomic E-state index is -3.96. The Bertz CT molecular complexity index is 1650. The van der Waals surface area contributed by atoms with Gasteiger partial charge in [0.1, 0.15) is 39.3 Å². The van der Waals surface area contributed by atoms with E-state index in [4.69, 9.17) is 0 Å². The quantitative estimate of drug-likeness (QED) is 0.415. The molecule has 5 aliphatic rings. The van der Waals surface area contributed by atoms with Gasteiger partial charge in [0.05, 0.1) is 61.0 Å². The highest BCUT2D eigenvalue weighted by molar-refractivity contribution is 7.93. The van der Waals surface area contributed by atoms with Crippen molar-refractivity contribution < 1.29 is 37.2 Å². The maximum Gasteiger partial charge on any atom is 0.265 e. The number of β-lactam (4-membered cyclic amide) rings is 1. The Balaban J connectivity index is 1.32. The van der Waals surface area contributed by atoms with Crippen LogP contribution in [0.1, 0.15) is 25.0 Å². The molecule has 0 radical (unpaired) electrons. The van der Waals surface area contributed by atoms with Crippen LogP contribution in [0, 0.1) is 11.8 Å². The Morgan fingerprint density at radius 2 is 1.88 bits per heavy atom. The summed E-state index contributed by atoms with van der Waals surface area (Å²) < 4.78 is 31.2. The predicted octanol–water partition coefficient (Wildman–Crippen LogP) is 0.130.